The first-order chi connectivity index (χ1) is 32.2. The van der Waals surface area contributed by atoms with Crippen molar-refractivity contribution in [3.63, 3.8) is 0 Å². The summed E-state index contributed by atoms with van der Waals surface area (Å²) >= 11 is 0. The van der Waals surface area contributed by atoms with Crippen LogP contribution in [0, 0.1) is 17.8 Å². The molecule has 0 radical (unpaired) electrons. The number of esters is 1. The lowest BCUT2D eigenvalue weighted by atomic mass is 9.87. The van der Waals surface area contributed by atoms with Gasteiger partial charge >= 0.3 is 5.97 Å². The molecule has 13 nitrogen and oxygen atoms in total. The van der Waals surface area contributed by atoms with Crippen LogP contribution in [0.15, 0.2) is 133 Å². The third kappa shape index (κ3) is 17.8. The van der Waals surface area contributed by atoms with Crippen LogP contribution in [0.25, 0.3) is 11.1 Å². The van der Waals surface area contributed by atoms with Crippen molar-refractivity contribution in [2.45, 2.75) is 110 Å². The number of benzene rings is 3. The molecule has 1 fully saturated rings. The number of hydrazine groups is 1. The number of ketones is 1. The van der Waals surface area contributed by atoms with E-state index in [-0.39, 0.29) is 54.6 Å². The topological polar surface area (TPSA) is 183 Å². The summed E-state index contributed by atoms with van der Waals surface area (Å²) in [5.74, 6) is -2.47. The molecule has 1 saturated heterocycles. The standard InChI is InChI=1S/C54H69N5O8/c1-37(2)50(55-6)52(64)57-47(35-41-21-12-9-13-22-41)53(65)59-34-18-25-46(58-59)54(66)67-48(26-16-8-7-11-19-39(4)51(63)44(36-60)29-28-40(5)61)38(3)20-17-27-49(62)56-45-32-30-43(31-33-45)42-23-14-10-15-24-42/h7-17,20-24,27,30-33,36-37,39,44,46-48,50-51,55,58,63H,18-19,25-26,28-29,34-35H2,1-6H3,(H,56,62)(H,57,64)/b11-7+,16-8+,27-17+,38-20+/t39?,44?,46?,47?,48-,50?,51+/m0/s1. The number of aldehydes is 1. The summed E-state index contributed by atoms with van der Waals surface area (Å²) < 4.78 is 6.14. The minimum atomic E-state index is -0.898. The summed E-state index contributed by atoms with van der Waals surface area (Å²) in [6.45, 7) is 9.30. The van der Waals surface area contributed by atoms with Crippen LogP contribution >= 0.6 is 0 Å². The number of allylic oxidation sites excluding steroid dienone is 5. The quantitative estimate of drug-likeness (QED) is 0.0251. The van der Waals surface area contributed by atoms with Crippen molar-refractivity contribution in [1.82, 2.24) is 21.1 Å². The Kier molecular flexibility index (Phi) is 22.3. The highest BCUT2D eigenvalue weighted by Gasteiger charge is 2.35. The molecule has 67 heavy (non-hydrogen) atoms. The van der Waals surface area contributed by atoms with Crippen molar-refractivity contribution in [3.8, 4) is 11.1 Å². The van der Waals surface area contributed by atoms with Gasteiger partial charge in [-0.25, -0.2) is 5.43 Å². The molecular weight excluding hydrogens is 847 g/mol. The highest BCUT2D eigenvalue weighted by atomic mass is 16.5. The Morgan fingerprint density at radius 3 is 2.13 bits per heavy atom. The molecule has 0 saturated carbocycles. The molecule has 0 aromatic heterocycles. The molecule has 1 aliphatic rings. The Hall–Kier alpha value is -6.28. The molecular formula is C54H69N5O8. The third-order valence-corrected chi connectivity index (χ3v) is 11.8. The van der Waals surface area contributed by atoms with Crippen molar-refractivity contribution in [3.05, 3.63) is 139 Å². The summed E-state index contributed by atoms with van der Waals surface area (Å²) in [6.07, 6.45) is 13.7. The number of nitrogens with zero attached hydrogens (tertiary/aromatic N) is 1. The zero-order valence-electron chi connectivity index (χ0n) is 39.7. The van der Waals surface area contributed by atoms with Gasteiger partial charge in [0.05, 0.1) is 12.1 Å². The number of nitrogens with one attached hydrogen (secondary N) is 4. The van der Waals surface area contributed by atoms with Crippen LogP contribution in [0.3, 0.4) is 0 Å². The van der Waals surface area contributed by atoms with Crippen LogP contribution in [-0.2, 0) is 39.9 Å². The number of hydrogen-bond acceptors (Lipinski definition) is 10. The maximum atomic E-state index is 14.2. The van der Waals surface area contributed by atoms with Gasteiger partial charge in [-0.1, -0.05) is 130 Å². The third-order valence-electron chi connectivity index (χ3n) is 11.8. The van der Waals surface area contributed by atoms with Gasteiger partial charge in [0.2, 0.25) is 11.8 Å². The number of aliphatic hydroxyl groups excluding tert-OH is 1. The number of carbonyl (C=O) groups is 6. The molecule has 5 unspecified atom stereocenters. The Morgan fingerprint density at radius 2 is 1.51 bits per heavy atom. The zero-order valence-corrected chi connectivity index (χ0v) is 39.7. The van der Waals surface area contributed by atoms with Gasteiger partial charge in [-0.3, -0.25) is 24.2 Å². The minimum absolute atomic E-state index is 0.0211. The van der Waals surface area contributed by atoms with E-state index in [0.29, 0.717) is 49.8 Å². The maximum Gasteiger partial charge on any atom is 0.325 e. The zero-order chi connectivity index (χ0) is 48.7. The van der Waals surface area contributed by atoms with Crippen molar-refractivity contribution in [2.75, 3.05) is 18.9 Å². The van der Waals surface area contributed by atoms with Crippen LogP contribution in [0.4, 0.5) is 5.69 Å². The summed E-state index contributed by atoms with van der Waals surface area (Å²) in [5.41, 5.74) is 7.37. The first-order valence-corrected chi connectivity index (χ1v) is 23.3. The van der Waals surface area contributed by atoms with Crippen molar-refractivity contribution in [2.24, 2.45) is 17.8 Å². The first kappa shape index (κ1) is 53.3. The average molecular weight is 916 g/mol. The molecule has 5 N–H and O–H groups in total. The van der Waals surface area contributed by atoms with Gasteiger partial charge in [0.25, 0.3) is 5.91 Å². The second kappa shape index (κ2) is 28.0. The van der Waals surface area contributed by atoms with Gasteiger partial charge in [0.1, 0.15) is 30.3 Å². The summed E-state index contributed by atoms with van der Waals surface area (Å²) in [5, 5.41) is 21.0. The monoisotopic (exact) mass is 916 g/mol. The van der Waals surface area contributed by atoms with E-state index in [1.807, 2.05) is 130 Å². The summed E-state index contributed by atoms with van der Waals surface area (Å²) in [6, 6.07) is 24.7. The first-order valence-electron chi connectivity index (χ1n) is 23.3. The van der Waals surface area contributed by atoms with Crippen LogP contribution in [0.5, 0.6) is 0 Å². The van der Waals surface area contributed by atoms with Gasteiger partial charge in [-0.15, -0.1) is 0 Å². The van der Waals surface area contributed by atoms with E-state index in [2.05, 4.69) is 21.4 Å². The van der Waals surface area contributed by atoms with E-state index in [4.69, 9.17) is 4.74 Å². The fraction of sp³-hybridized carbons (Fsp3) is 0.407. The normalized spacial score (nSPS) is 17.2. The minimum Gasteiger partial charge on any atom is -0.456 e. The smallest absolute Gasteiger partial charge is 0.325 e. The Balaban J connectivity index is 1.46. The Bertz CT molecular complexity index is 2190. The van der Waals surface area contributed by atoms with Crippen molar-refractivity contribution < 1.29 is 38.6 Å². The number of anilines is 1. The van der Waals surface area contributed by atoms with E-state index in [0.717, 1.165) is 16.7 Å². The second-order valence-electron chi connectivity index (χ2n) is 17.5. The molecule has 0 bridgehead atoms. The second-order valence-corrected chi connectivity index (χ2v) is 17.5. The number of likely N-dealkylation sites (N-methyl/N-ethyl adjacent to an activating group) is 1. The fourth-order valence-electron chi connectivity index (χ4n) is 7.79. The van der Waals surface area contributed by atoms with Gasteiger partial charge < -0.3 is 35.4 Å². The van der Waals surface area contributed by atoms with Gasteiger partial charge in [0.15, 0.2) is 0 Å². The van der Waals surface area contributed by atoms with E-state index >= 15 is 0 Å². The molecule has 3 amide bonds. The molecule has 4 rings (SSSR count). The van der Waals surface area contributed by atoms with Crippen LogP contribution < -0.4 is 21.4 Å². The lowest BCUT2D eigenvalue weighted by Crippen LogP contribution is -2.61. The highest BCUT2D eigenvalue weighted by molar-refractivity contribution is 5.99. The highest BCUT2D eigenvalue weighted by Crippen LogP contribution is 2.23. The maximum absolute atomic E-state index is 14.2. The Labute approximate surface area is 396 Å². The number of Topliss-reactive ketones (excluding diaryl/α,β-unsaturated/α-hetero) is 1. The van der Waals surface area contributed by atoms with Crippen LogP contribution in [0.1, 0.15) is 78.7 Å². The fourth-order valence-corrected chi connectivity index (χ4v) is 7.79. The molecule has 3 aromatic rings. The number of hydrogen-bond donors (Lipinski definition) is 5. The van der Waals surface area contributed by atoms with E-state index in [9.17, 15) is 33.9 Å². The van der Waals surface area contributed by atoms with Gasteiger partial charge in [-0.05, 0) is 92.8 Å². The molecule has 358 valence electrons. The van der Waals surface area contributed by atoms with Crippen molar-refractivity contribution >= 4 is 41.4 Å². The number of aliphatic hydroxyl groups is 1. The SMILES string of the molecule is CNC(C(=O)NC(Cc1ccccc1)C(=O)N1CCCC(C(=O)O[C@@H](C/C=C/C=C/CC(C)[C@@H](O)C(C=O)CCC(C)=O)/C(C)=C/C=C/C(=O)Nc2ccc(-c3ccccc3)cc2)N1)C(C)C. The lowest BCUT2D eigenvalue weighted by Gasteiger charge is -2.36. The molecule has 0 aliphatic carbocycles. The molecule has 13 heteroatoms. The number of amides is 3. The number of rotatable bonds is 25. The van der Waals surface area contributed by atoms with Gasteiger partial charge in [0, 0.05) is 43.5 Å². The van der Waals surface area contributed by atoms with Crippen molar-refractivity contribution in [1.29, 1.82) is 0 Å². The number of ether oxygens (including phenoxy) is 1. The van der Waals surface area contributed by atoms with Gasteiger partial charge in [-0.2, -0.15) is 0 Å². The summed E-state index contributed by atoms with van der Waals surface area (Å²) in [4.78, 5) is 77.4. The summed E-state index contributed by atoms with van der Waals surface area (Å²) in [7, 11) is 1.71. The average Bonchev–Trinajstić information content (AvgIpc) is 3.32. The van der Waals surface area contributed by atoms with Crippen LogP contribution in [0.2, 0.25) is 0 Å². The largest absolute Gasteiger partial charge is 0.456 e. The number of carbonyl (C=O) groups excluding carboxylic acids is 6. The predicted molar refractivity (Wildman–Crippen MR) is 263 cm³/mol. The molecule has 3 aromatic carbocycles. The molecule has 1 aliphatic heterocycles. The van der Waals surface area contributed by atoms with E-state index in [1.165, 1.54) is 18.0 Å². The van der Waals surface area contributed by atoms with E-state index < -0.39 is 42.2 Å². The predicted octanol–water partition coefficient (Wildman–Crippen LogP) is 7.25. The molecule has 1 heterocycles. The molecule has 7 atom stereocenters. The molecule has 0 spiro atoms. The van der Waals surface area contributed by atoms with E-state index in [1.54, 1.807) is 26.1 Å². The van der Waals surface area contributed by atoms with Crippen LogP contribution in [-0.4, -0.2) is 89.8 Å². The lowest BCUT2D eigenvalue weighted by molar-refractivity contribution is -0.156. The Morgan fingerprint density at radius 1 is 0.866 bits per heavy atom.